The lowest BCUT2D eigenvalue weighted by Gasteiger charge is -2.31. The van der Waals surface area contributed by atoms with E-state index in [0.29, 0.717) is 25.1 Å². The second-order valence-electron chi connectivity index (χ2n) is 7.36. The van der Waals surface area contributed by atoms with Gasteiger partial charge in [-0.25, -0.2) is 14.8 Å². The lowest BCUT2D eigenvalue weighted by atomic mass is 9.93. The predicted molar refractivity (Wildman–Crippen MR) is 116 cm³/mol. The van der Waals surface area contributed by atoms with Crippen molar-refractivity contribution in [1.82, 2.24) is 14.9 Å². The van der Waals surface area contributed by atoms with Gasteiger partial charge in [0.25, 0.3) is 5.91 Å². The largest absolute Gasteiger partial charge is 0.469 e. The third-order valence-corrected chi connectivity index (χ3v) is 5.33. The molecular weight excluding hydrogens is 414 g/mol. The summed E-state index contributed by atoms with van der Waals surface area (Å²) in [6.45, 7) is 1.11. The van der Waals surface area contributed by atoms with E-state index in [1.54, 1.807) is 41.6 Å². The van der Waals surface area contributed by atoms with Gasteiger partial charge in [-0.1, -0.05) is 24.3 Å². The second kappa shape index (κ2) is 10.5. The Morgan fingerprint density at radius 2 is 1.66 bits per heavy atom. The van der Waals surface area contributed by atoms with E-state index in [1.807, 2.05) is 0 Å². The number of hydrogen-bond donors (Lipinski definition) is 1. The van der Waals surface area contributed by atoms with E-state index in [1.165, 1.54) is 14.2 Å². The van der Waals surface area contributed by atoms with Crippen LogP contribution in [0.4, 0.5) is 4.79 Å². The SMILES string of the molecule is COC(=O)CC1CCN(C(=O)c2ncc(-c3ccc(C(N)=NC(=O)OC)cc3)cn2)CC1. The van der Waals surface area contributed by atoms with Crippen molar-refractivity contribution in [2.75, 3.05) is 27.3 Å². The zero-order valence-electron chi connectivity index (χ0n) is 18.0. The van der Waals surface area contributed by atoms with Crippen molar-refractivity contribution in [2.24, 2.45) is 16.6 Å². The Balaban J connectivity index is 1.61. The van der Waals surface area contributed by atoms with Crippen LogP contribution in [0.25, 0.3) is 11.1 Å². The van der Waals surface area contributed by atoms with Crippen LogP contribution in [0.3, 0.4) is 0 Å². The number of amidine groups is 1. The second-order valence-corrected chi connectivity index (χ2v) is 7.36. The molecule has 168 valence electrons. The maximum Gasteiger partial charge on any atom is 0.435 e. The van der Waals surface area contributed by atoms with Gasteiger partial charge in [-0.15, -0.1) is 0 Å². The van der Waals surface area contributed by atoms with Crippen molar-refractivity contribution in [3.05, 3.63) is 48.0 Å². The summed E-state index contributed by atoms with van der Waals surface area (Å²) in [6, 6.07) is 7.02. The molecule has 2 aromatic rings. The molecule has 0 unspecified atom stereocenters. The highest BCUT2D eigenvalue weighted by atomic mass is 16.5. The predicted octanol–water partition coefficient (Wildman–Crippen LogP) is 2.03. The van der Waals surface area contributed by atoms with E-state index in [4.69, 9.17) is 10.5 Å². The number of ether oxygens (including phenoxy) is 2. The van der Waals surface area contributed by atoms with Crippen LogP contribution in [0, 0.1) is 5.92 Å². The van der Waals surface area contributed by atoms with Gasteiger partial charge in [0, 0.05) is 43.0 Å². The smallest absolute Gasteiger partial charge is 0.435 e. The van der Waals surface area contributed by atoms with E-state index in [9.17, 15) is 14.4 Å². The molecule has 0 atom stereocenters. The molecule has 0 bridgehead atoms. The molecule has 1 aromatic carbocycles. The number of carbonyl (C=O) groups is 3. The molecule has 1 aliphatic rings. The van der Waals surface area contributed by atoms with Crippen LogP contribution in [0.5, 0.6) is 0 Å². The minimum Gasteiger partial charge on any atom is -0.469 e. The number of nitrogens with two attached hydrogens (primary N) is 1. The molecule has 0 saturated carbocycles. The van der Waals surface area contributed by atoms with E-state index < -0.39 is 6.09 Å². The maximum atomic E-state index is 12.7. The Morgan fingerprint density at radius 3 is 2.22 bits per heavy atom. The Kier molecular flexibility index (Phi) is 7.48. The first-order valence-corrected chi connectivity index (χ1v) is 10.1. The van der Waals surface area contributed by atoms with Crippen molar-refractivity contribution in [1.29, 1.82) is 0 Å². The molecular formula is C22H25N5O5. The number of hydrogen-bond acceptors (Lipinski definition) is 7. The van der Waals surface area contributed by atoms with Crippen LogP contribution in [0.1, 0.15) is 35.4 Å². The summed E-state index contributed by atoms with van der Waals surface area (Å²) >= 11 is 0. The van der Waals surface area contributed by atoms with Gasteiger partial charge < -0.3 is 20.1 Å². The molecule has 1 aromatic heterocycles. The van der Waals surface area contributed by atoms with Gasteiger partial charge in [-0.05, 0) is 24.3 Å². The van der Waals surface area contributed by atoms with E-state index in [-0.39, 0.29) is 29.5 Å². The molecule has 2 amide bonds. The Labute approximate surface area is 185 Å². The third-order valence-electron chi connectivity index (χ3n) is 5.33. The number of esters is 1. The monoisotopic (exact) mass is 439 g/mol. The highest BCUT2D eigenvalue weighted by Gasteiger charge is 2.26. The van der Waals surface area contributed by atoms with Crippen LogP contribution in [-0.4, -0.2) is 66.0 Å². The van der Waals surface area contributed by atoms with E-state index in [0.717, 1.165) is 24.0 Å². The summed E-state index contributed by atoms with van der Waals surface area (Å²) in [6.07, 6.45) is 4.27. The molecule has 10 nitrogen and oxygen atoms in total. The fraction of sp³-hybridized carbons (Fsp3) is 0.364. The number of piperidine rings is 1. The Bertz CT molecular complexity index is 996. The minimum absolute atomic E-state index is 0.0518. The highest BCUT2D eigenvalue weighted by molar-refractivity contribution is 6.03. The quantitative estimate of drug-likeness (QED) is 0.424. The Morgan fingerprint density at radius 1 is 1.03 bits per heavy atom. The third kappa shape index (κ3) is 5.65. The summed E-state index contributed by atoms with van der Waals surface area (Å²) in [7, 11) is 2.61. The topological polar surface area (TPSA) is 137 Å². The Hall–Kier alpha value is -3.82. The summed E-state index contributed by atoms with van der Waals surface area (Å²) in [5, 5.41) is 0. The van der Waals surface area contributed by atoms with Crippen LogP contribution in [-0.2, 0) is 14.3 Å². The van der Waals surface area contributed by atoms with Crippen molar-refractivity contribution < 1.29 is 23.9 Å². The first kappa shape index (κ1) is 22.9. The number of rotatable bonds is 5. The first-order valence-electron chi connectivity index (χ1n) is 10.1. The zero-order chi connectivity index (χ0) is 23.1. The number of carbonyl (C=O) groups excluding carboxylic acids is 3. The molecule has 0 aliphatic carbocycles. The first-order chi connectivity index (χ1) is 15.4. The lowest BCUT2D eigenvalue weighted by molar-refractivity contribution is -0.142. The molecule has 0 spiro atoms. The van der Waals surface area contributed by atoms with E-state index in [2.05, 4.69) is 19.7 Å². The van der Waals surface area contributed by atoms with Gasteiger partial charge >= 0.3 is 12.1 Å². The van der Waals surface area contributed by atoms with Crippen molar-refractivity contribution in [3.8, 4) is 11.1 Å². The van der Waals surface area contributed by atoms with Gasteiger partial charge in [0.15, 0.2) is 0 Å². The van der Waals surface area contributed by atoms with E-state index >= 15 is 0 Å². The number of benzene rings is 1. The fourth-order valence-corrected chi connectivity index (χ4v) is 3.43. The summed E-state index contributed by atoms with van der Waals surface area (Å²) < 4.78 is 9.17. The maximum absolute atomic E-state index is 12.7. The molecule has 1 aliphatic heterocycles. The average Bonchev–Trinajstić information content (AvgIpc) is 2.84. The molecule has 1 fully saturated rings. The summed E-state index contributed by atoms with van der Waals surface area (Å²) in [5.41, 5.74) is 7.91. The summed E-state index contributed by atoms with van der Waals surface area (Å²) in [5.74, 6) is -0.0398. The number of aromatic nitrogens is 2. The fourth-order valence-electron chi connectivity index (χ4n) is 3.43. The summed E-state index contributed by atoms with van der Waals surface area (Å²) in [4.78, 5) is 49.1. The van der Waals surface area contributed by atoms with Gasteiger partial charge in [0.1, 0.15) is 5.84 Å². The molecule has 32 heavy (non-hydrogen) atoms. The normalized spacial score (nSPS) is 14.7. The molecule has 0 radical (unpaired) electrons. The number of methoxy groups -OCH3 is 2. The molecule has 1 saturated heterocycles. The molecule has 2 N–H and O–H groups in total. The van der Waals surface area contributed by atoms with Crippen LogP contribution < -0.4 is 5.73 Å². The van der Waals surface area contributed by atoms with Gasteiger partial charge in [-0.2, -0.15) is 4.99 Å². The van der Waals surface area contributed by atoms with Gasteiger partial charge in [0.2, 0.25) is 5.82 Å². The average molecular weight is 439 g/mol. The zero-order valence-corrected chi connectivity index (χ0v) is 18.0. The molecule has 2 heterocycles. The molecule has 10 heteroatoms. The number of likely N-dealkylation sites (tertiary alicyclic amines) is 1. The standard InChI is InChI=1S/C22H25N5O5/c1-31-18(28)11-14-7-9-27(10-8-14)21(29)20-24-12-17(13-25-20)15-3-5-16(6-4-15)19(23)26-22(30)32-2/h3-6,12-14H,7-11H2,1-2H3,(H2,23,26,30). The number of amides is 2. The van der Waals surface area contributed by atoms with Crippen molar-refractivity contribution in [2.45, 2.75) is 19.3 Å². The van der Waals surface area contributed by atoms with Crippen LogP contribution >= 0.6 is 0 Å². The van der Waals surface area contributed by atoms with Gasteiger partial charge in [0.05, 0.1) is 14.2 Å². The number of nitrogens with zero attached hydrogens (tertiary/aromatic N) is 4. The number of aliphatic imine (C=N–C) groups is 1. The van der Waals surface area contributed by atoms with Crippen LogP contribution in [0.15, 0.2) is 41.7 Å². The highest BCUT2D eigenvalue weighted by Crippen LogP contribution is 2.22. The van der Waals surface area contributed by atoms with Crippen molar-refractivity contribution >= 4 is 23.8 Å². The van der Waals surface area contributed by atoms with Gasteiger partial charge in [-0.3, -0.25) is 9.59 Å². The van der Waals surface area contributed by atoms with Crippen LogP contribution in [0.2, 0.25) is 0 Å². The minimum atomic E-state index is -0.770. The lowest BCUT2D eigenvalue weighted by Crippen LogP contribution is -2.39. The van der Waals surface area contributed by atoms with Crippen molar-refractivity contribution in [3.63, 3.8) is 0 Å². The molecule has 3 rings (SSSR count).